The highest BCUT2D eigenvalue weighted by atomic mass is 32.2. The number of carbonyl (C=O) groups is 1. The van der Waals surface area contributed by atoms with Crippen molar-refractivity contribution in [3.63, 3.8) is 0 Å². The molecule has 1 amide bonds. The maximum atomic E-state index is 15.0. The molecule has 4 rings (SSSR count). The first-order valence-electron chi connectivity index (χ1n) is 10.7. The Kier molecular flexibility index (Phi) is 6.60. The van der Waals surface area contributed by atoms with Gasteiger partial charge in [0.25, 0.3) is 5.91 Å². The fourth-order valence-electron chi connectivity index (χ4n) is 4.21. The Morgan fingerprint density at radius 2 is 1.88 bits per heavy atom. The monoisotopic (exact) mass is 464 g/mol. The number of nitrogens with one attached hydrogen (secondary N) is 1. The fourth-order valence-corrected chi connectivity index (χ4v) is 5.09. The van der Waals surface area contributed by atoms with Crippen molar-refractivity contribution < 1.29 is 26.7 Å². The number of halogens is 2. The fraction of sp³-hybridized carbons (Fsp3) is 0.435. The minimum absolute atomic E-state index is 0.183. The quantitative estimate of drug-likeness (QED) is 0.684. The molecular weight excluding hydrogens is 438 g/mol. The van der Waals surface area contributed by atoms with E-state index in [0.717, 1.165) is 11.1 Å². The van der Waals surface area contributed by atoms with Crippen molar-refractivity contribution >= 4 is 15.9 Å². The summed E-state index contributed by atoms with van der Waals surface area (Å²) in [7, 11) is -3.68. The number of amides is 1. The van der Waals surface area contributed by atoms with Crippen LogP contribution in [0.1, 0.15) is 18.9 Å². The van der Waals surface area contributed by atoms with Crippen LogP contribution in [-0.2, 0) is 26.0 Å². The molecule has 9 heteroatoms. The third-order valence-corrected chi connectivity index (χ3v) is 7.45. The summed E-state index contributed by atoms with van der Waals surface area (Å²) in [6.45, 7) is 1.77. The Morgan fingerprint density at radius 1 is 1.19 bits per heavy atom. The Hall–Kier alpha value is -2.36. The molecule has 0 saturated carbocycles. The summed E-state index contributed by atoms with van der Waals surface area (Å²) in [5.74, 6) is -0.851. The molecule has 2 aliphatic rings. The van der Waals surface area contributed by atoms with Gasteiger partial charge in [-0.15, -0.1) is 0 Å². The number of nitrogens with zero attached hydrogens (tertiary/aromatic N) is 1. The van der Waals surface area contributed by atoms with Gasteiger partial charge in [-0.1, -0.05) is 36.4 Å². The van der Waals surface area contributed by atoms with E-state index in [0.29, 0.717) is 18.6 Å². The van der Waals surface area contributed by atoms with E-state index in [9.17, 15) is 22.0 Å². The Balaban J connectivity index is 1.63. The van der Waals surface area contributed by atoms with Gasteiger partial charge in [-0.05, 0) is 42.2 Å². The van der Waals surface area contributed by atoms with Gasteiger partial charge in [0.1, 0.15) is 18.1 Å². The van der Waals surface area contributed by atoms with E-state index < -0.39 is 34.4 Å². The second-order valence-electron chi connectivity index (χ2n) is 8.18. The van der Waals surface area contributed by atoms with Crippen molar-refractivity contribution in [2.75, 3.05) is 18.9 Å². The first-order valence-corrected chi connectivity index (χ1v) is 12.3. The summed E-state index contributed by atoms with van der Waals surface area (Å²) in [5.41, 5.74) is 2.27. The molecule has 2 aliphatic heterocycles. The van der Waals surface area contributed by atoms with Crippen molar-refractivity contribution in [2.24, 2.45) is 0 Å². The zero-order valence-electron chi connectivity index (χ0n) is 17.7. The largest absolute Gasteiger partial charge is 0.368 e. The smallest absolute Gasteiger partial charge is 0.252 e. The molecule has 2 aromatic carbocycles. The number of ether oxygens (including phenoxy) is 1. The summed E-state index contributed by atoms with van der Waals surface area (Å²) < 4.78 is 60.8. The molecule has 1 unspecified atom stereocenters. The summed E-state index contributed by atoms with van der Waals surface area (Å²) in [6.07, 6.45) is -1.32. The lowest BCUT2D eigenvalue weighted by Gasteiger charge is -2.34. The highest BCUT2D eigenvalue weighted by Crippen LogP contribution is 2.29. The van der Waals surface area contributed by atoms with Crippen LogP contribution >= 0.6 is 0 Å². The maximum Gasteiger partial charge on any atom is 0.252 e. The van der Waals surface area contributed by atoms with Gasteiger partial charge < -0.3 is 9.64 Å². The van der Waals surface area contributed by atoms with Crippen LogP contribution in [0.25, 0.3) is 11.1 Å². The SMILES string of the molecule is CCS(=O)(=O)N[C@H]1[C@@H](F)CN(C(=O)C2CCO2)[C@H]1Cc1cccc(-c2cccc(F)c2)c1. The van der Waals surface area contributed by atoms with Crippen LogP contribution in [0.4, 0.5) is 8.78 Å². The summed E-state index contributed by atoms with van der Waals surface area (Å²) in [6, 6.07) is 11.8. The first-order chi connectivity index (χ1) is 15.3. The molecular formula is C23H26F2N2O4S. The van der Waals surface area contributed by atoms with E-state index >= 15 is 0 Å². The predicted molar refractivity (Wildman–Crippen MR) is 117 cm³/mol. The molecule has 2 saturated heterocycles. The second kappa shape index (κ2) is 9.25. The van der Waals surface area contributed by atoms with Crippen molar-refractivity contribution in [1.82, 2.24) is 9.62 Å². The molecule has 2 heterocycles. The van der Waals surface area contributed by atoms with Gasteiger partial charge in [-0.3, -0.25) is 4.79 Å². The molecule has 0 aromatic heterocycles. The molecule has 2 fully saturated rings. The predicted octanol–water partition coefficient (Wildman–Crippen LogP) is 2.68. The third-order valence-electron chi connectivity index (χ3n) is 6.06. The average molecular weight is 465 g/mol. The molecule has 0 spiro atoms. The van der Waals surface area contributed by atoms with Gasteiger partial charge in [0, 0.05) is 6.42 Å². The average Bonchev–Trinajstić information content (AvgIpc) is 3.02. The molecule has 2 aromatic rings. The van der Waals surface area contributed by atoms with Crippen LogP contribution in [0, 0.1) is 5.82 Å². The van der Waals surface area contributed by atoms with Crippen molar-refractivity contribution in [1.29, 1.82) is 0 Å². The molecule has 0 aliphatic carbocycles. The summed E-state index contributed by atoms with van der Waals surface area (Å²) in [5, 5.41) is 0. The van der Waals surface area contributed by atoms with Crippen LogP contribution in [0.15, 0.2) is 48.5 Å². The number of hydrogen-bond acceptors (Lipinski definition) is 4. The summed E-state index contributed by atoms with van der Waals surface area (Å²) in [4.78, 5) is 14.3. The van der Waals surface area contributed by atoms with Crippen LogP contribution in [-0.4, -0.2) is 62.5 Å². The standard InChI is InChI=1S/C23H26F2N2O4S/c1-2-32(29,30)26-22-19(25)14-27(23(28)21-9-10-31-21)20(22)12-15-5-3-6-16(11-15)17-7-4-8-18(24)13-17/h3-8,11,13,19-22,26H,2,9-10,12,14H2,1H3/t19-,20-,21?,22-/m0/s1. The number of likely N-dealkylation sites (tertiary alicyclic amines) is 1. The lowest BCUT2D eigenvalue weighted by Crippen LogP contribution is -2.53. The number of alkyl halides is 1. The minimum Gasteiger partial charge on any atom is -0.368 e. The van der Waals surface area contributed by atoms with Crippen LogP contribution < -0.4 is 4.72 Å². The van der Waals surface area contributed by atoms with Crippen molar-refractivity contribution in [3.8, 4) is 11.1 Å². The molecule has 4 atom stereocenters. The van der Waals surface area contributed by atoms with Crippen LogP contribution in [0.3, 0.4) is 0 Å². The second-order valence-corrected chi connectivity index (χ2v) is 10.2. The van der Waals surface area contributed by atoms with E-state index in [1.54, 1.807) is 12.1 Å². The van der Waals surface area contributed by atoms with E-state index in [1.807, 2.05) is 24.3 Å². The molecule has 172 valence electrons. The van der Waals surface area contributed by atoms with Crippen molar-refractivity contribution in [2.45, 2.75) is 44.1 Å². The van der Waals surface area contributed by atoms with Gasteiger partial charge in [0.2, 0.25) is 10.0 Å². The van der Waals surface area contributed by atoms with Crippen LogP contribution in [0.5, 0.6) is 0 Å². The lowest BCUT2D eigenvalue weighted by molar-refractivity contribution is -0.157. The zero-order valence-corrected chi connectivity index (χ0v) is 18.5. The molecule has 0 radical (unpaired) electrons. The molecule has 32 heavy (non-hydrogen) atoms. The van der Waals surface area contributed by atoms with Gasteiger partial charge >= 0.3 is 0 Å². The lowest BCUT2D eigenvalue weighted by atomic mass is 9.96. The van der Waals surface area contributed by atoms with Gasteiger partial charge in [0.05, 0.1) is 31.0 Å². The molecule has 1 N–H and O–H groups in total. The van der Waals surface area contributed by atoms with Gasteiger partial charge in [0.15, 0.2) is 0 Å². The maximum absolute atomic E-state index is 15.0. The Labute approximate surface area is 186 Å². The molecule has 0 bridgehead atoms. The first kappa shape index (κ1) is 22.8. The van der Waals surface area contributed by atoms with Crippen LogP contribution in [0.2, 0.25) is 0 Å². The third kappa shape index (κ3) is 4.84. The minimum atomic E-state index is -3.68. The number of benzene rings is 2. The highest BCUT2D eigenvalue weighted by molar-refractivity contribution is 7.89. The van der Waals surface area contributed by atoms with Crippen molar-refractivity contribution in [3.05, 3.63) is 59.9 Å². The molecule has 6 nitrogen and oxygen atoms in total. The van der Waals surface area contributed by atoms with Gasteiger partial charge in [-0.25, -0.2) is 21.9 Å². The number of hydrogen-bond donors (Lipinski definition) is 1. The normalized spacial score (nSPS) is 25.5. The Morgan fingerprint density at radius 3 is 2.50 bits per heavy atom. The van der Waals surface area contributed by atoms with E-state index in [-0.39, 0.29) is 30.4 Å². The van der Waals surface area contributed by atoms with E-state index in [2.05, 4.69) is 4.72 Å². The zero-order chi connectivity index (χ0) is 22.9. The topological polar surface area (TPSA) is 75.7 Å². The number of carbonyl (C=O) groups excluding carboxylic acids is 1. The number of rotatable bonds is 7. The van der Waals surface area contributed by atoms with E-state index in [4.69, 9.17) is 4.74 Å². The number of sulfonamides is 1. The highest BCUT2D eigenvalue weighted by Gasteiger charge is 2.48. The van der Waals surface area contributed by atoms with E-state index in [1.165, 1.54) is 24.0 Å². The summed E-state index contributed by atoms with van der Waals surface area (Å²) >= 11 is 0. The Bertz CT molecular complexity index is 1090. The van der Waals surface area contributed by atoms with Gasteiger partial charge in [-0.2, -0.15) is 0 Å².